The van der Waals surface area contributed by atoms with E-state index in [0.717, 1.165) is 25.7 Å². The fourth-order valence-corrected chi connectivity index (χ4v) is 3.16. The summed E-state index contributed by atoms with van der Waals surface area (Å²) in [5, 5.41) is 0. The van der Waals surface area contributed by atoms with Crippen LogP contribution in [0.1, 0.15) is 96.8 Å². The number of hydrogen-bond donors (Lipinski definition) is 0. The van der Waals surface area contributed by atoms with Crippen LogP contribution in [-0.4, -0.2) is 6.16 Å². The molecule has 140 valence electrons. The summed E-state index contributed by atoms with van der Waals surface area (Å²) >= 11 is 0. The molecular formula is C18H35NiO3P. The largest absolute Gasteiger partial charge is 2.00 e. The van der Waals surface area contributed by atoms with Gasteiger partial charge in [-0.1, -0.05) is 84.5 Å². The van der Waals surface area contributed by atoms with E-state index >= 15 is 0 Å². The summed E-state index contributed by atoms with van der Waals surface area (Å²) in [6.07, 6.45) is 21.0. The van der Waals surface area contributed by atoms with Crippen LogP contribution in [0.3, 0.4) is 0 Å². The molecule has 0 aliphatic carbocycles. The Hall–Kier alpha value is 0.384. The molecule has 0 saturated heterocycles. The van der Waals surface area contributed by atoms with Crippen LogP contribution in [0.15, 0.2) is 12.2 Å². The first-order valence-corrected chi connectivity index (χ1v) is 10.9. The zero-order valence-corrected chi connectivity index (χ0v) is 16.6. The minimum absolute atomic E-state index is 0. The van der Waals surface area contributed by atoms with Crippen LogP contribution in [-0.2, 0) is 21.1 Å². The van der Waals surface area contributed by atoms with Gasteiger partial charge >= 0.3 is 16.5 Å². The Kier molecular flexibility index (Phi) is 20.9. The van der Waals surface area contributed by atoms with Gasteiger partial charge in [-0.25, -0.2) is 0 Å². The standard InChI is InChI=1S/C18H37O3P.Ni/c1-2-3-4-5-6-7-8-9-10-11-12-13-14-15-16-17-18-22(19,20)21;/h9-10H,2-8,11-18H2,1H3,(H2,19,20,21);/q;+2/p-2/b10-9-;. The second kappa shape index (κ2) is 18.7. The fourth-order valence-electron chi connectivity index (χ4n) is 2.55. The van der Waals surface area contributed by atoms with Crippen molar-refractivity contribution in [3.8, 4) is 0 Å². The number of unbranched alkanes of at least 4 members (excludes halogenated alkanes) is 12. The zero-order valence-electron chi connectivity index (χ0n) is 14.7. The summed E-state index contributed by atoms with van der Waals surface area (Å²) in [5.41, 5.74) is 0. The SMILES string of the molecule is CCCCCCCC/C=C\CCCCCCCCP(=O)([O-])[O-].[Ni+2]. The minimum Gasteiger partial charge on any atom is -0.811 e. The van der Waals surface area contributed by atoms with Crippen LogP contribution < -0.4 is 9.79 Å². The van der Waals surface area contributed by atoms with Crippen molar-refractivity contribution in [3.63, 3.8) is 0 Å². The fraction of sp³-hybridized carbons (Fsp3) is 0.889. The smallest absolute Gasteiger partial charge is 0.811 e. The van der Waals surface area contributed by atoms with Crippen LogP contribution >= 0.6 is 7.60 Å². The van der Waals surface area contributed by atoms with E-state index in [1.54, 1.807) is 0 Å². The molecule has 0 aromatic rings. The van der Waals surface area contributed by atoms with Crippen LogP contribution in [0, 0.1) is 0 Å². The maximum atomic E-state index is 10.4. The number of hydrogen-bond acceptors (Lipinski definition) is 3. The molecule has 0 unspecified atom stereocenters. The van der Waals surface area contributed by atoms with Crippen molar-refractivity contribution >= 4 is 7.60 Å². The quantitative estimate of drug-likeness (QED) is 0.163. The molecule has 23 heavy (non-hydrogen) atoms. The van der Waals surface area contributed by atoms with Gasteiger partial charge < -0.3 is 14.4 Å². The molecule has 0 spiro atoms. The van der Waals surface area contributed by atoms with Gasteiger partial charge in [0.15, 0.2) is 0 Å². The summed E-state index contributed by atoms with van der Waals surface area (Å²) in [6.45, 7) is 2.25. The molecule has 0 N–H and O–H groups in total. The van der Waals surface area contributed by atoms with Gasteiger partial charge in [0, 0.05) is 0 Å². The average Bonchev–Trinajstić information content (AvgIpc) is 2.45. The van der Waals surface area contributed by atoms with Crippen molar-refractivity contribution < 1.29 is 30.8 Å². The Morgan fingerprint density at radius 1 is 0.696 bits per heavy atom. The van der Waals surface area contributed by atoms with Gasteiger partial charge in [-0.05, 0) is 38.3 Å². The van der Waals surface area contributed by atoms with Crippen LogP contribution in [0.5, 0.6) is 0 Å². The van der Waals surface area contributed by atoms with E-state index in [1.807, 2.05) is 0 Å². The average molecular weight is 389 g/mol. The van der Waals surface area contributed by atoms with Gasteiger partial charge in [0.2, 0.25) is 0 Å². The Bertz CT molecular complexity index is 303. The molecule has 0 rings (SSSR count). The number of rotatable bonds is 16. The first kappa shape index (κ1) is 25.6. The molecule has 0 aliphatic rings. The van der Waals surface area contributed by atoms with Gasteiger partial charge in [-0.2, -0.15) is 0 Å². The molecule has 5 heteroatoms. The van der Waals surface area contributed by atoms with Crippen molar-refractivity contribution in [3.05, 3.63) is 12.2 Å². The monoisotopic (exact) mass is 388 g/mol. The van der Waals surface area contributed by atoms with Crippen molar-refractivity contribution in [2.75, 3.05) is 6.16 Å². The molecule has 0 aromatic heterocycles. The molecule has 0 radical (unpaired) electrons. The third-order valence-electron chi connectivity index (χ3n) is 3.94. The predicted octanol–water partition coefficient (Wildman–Crippen LogP) is 4.94. The maximum Gasteiger partial charge on any atom is 2.00 e. The third-order valence-corrected chi connectivity index (χ3v) is 4.81. The van der Waals surface area contributed by atoms with Gasteiger partial charge in [0.25, 0.3) is 0 Å². The first-order valence-electron chi connectivity index (χ1n) is 9.22. The van der Waals surface area contributed by atoms with E-state index in [0.29, 0.717) is 6.42 Å². The third kappa shape index (κ3) is 24.8. The molecule has 0 aromatic carbocycles. The Morgan fingerprint density at radius 3 is 1.52 bits per heavy atom. The molecule has 0 aliphatic heterocycles. The van der Waals surface area contributed by atoms with Crippen LogP contribution in [0.25, 0.3) is 0 Å². The second-order valence-corrected chi connectivity index (χ2v) is 7.94. The summed E-state index contributed by atoms with van der Waals surface area (Å²) < 4.78 is 10.4. The Balaban J connectivity index is 0. The summed E-state index contributed by atoms with van der Waals surface area (Å²) in [4.78, 5) is 20.9. The van der Waals surface area contributed by atoms with Gasteiger partial charge in [0.05, 0.1) is 0 Å². The summed E-state index contributed by atoms with van der Waals surface area (Å²) in [6, 6.07) is 0. The predicted molar refractivity (Wildman–Crippen MR) is 91.9 cm³/mol. The molecule has 0 bridgehead atoms. The van der Waals surface area contributed by atoms with E-state index in [1.165, 1.54) is 57.8 Å². The molecule has 0 fully saturated rings. The zero-order chi connectivity index (χ0) is 16.5. The summed E-state index contributed by atoms with van der Waals surface area (Å²) in [5.74, 6) is 0. The normalized spacial score (nSPS) is 11.8. The van der Waals surface area contributed by atoms with E-state index in [-0.39, 0.29) is 22.7 Å². The van der Waals surface area contributed by atoms with Gasteiger partial charge in [-0.3, -0.25) is 0 Å². The Morgan fingerprint density at radius 2 is 1.09 bits per heavy atom. The Labute approximate surface area is 153 Å². The molecule has 0 atom stereocenters. The minimum atomic E-state index is -4.26. The van der Waals surface area contributed by atoms with Crippen molar-refractivity contribution in [2.45, 2.75) is 96.8 Å². The van der Waals surface area contributed by atoms with E-state index in [9.17, 15) is 14.4 Å². The van der Waals surface area contributed by atoms with Gasteiger partial charge in [-0.15, -0.1) is 0 Å². The van der Waals surface area contributed by atoms with Crippen LogP contribution in [0.4, 0.5) is 0 Å². The van der Waals surface area contributed by atoms with Crippen molar-refractivity contribution in [1.82, 2.24) is 0 Å². The molecule has 3 nitrogen and oxygen atoms in total. The first-order chi connectivity index (χ1) is 10.6. The van der Waals surface area contributed by atoms with E-state index in [4.69, 9.17) is 0 Å². The molecule has 0 saturated carbocycles. The van der Waals surface area contributed by atoms with Crippen LogP contribution in [0.2, 0.25) is 0 Å². The second-order valence-electron chi connectivity index (χ2n) is 6.27. The topological polar surface area (TPSA) is 63.2 Å². The molecular weight excluding hydrogens is 354 g/mol. The molecule has 0 amide bonds. The number of allylic oxidation sites excluding steroid dienone is 2. The van der Waals surface area contributed by atoms with Crippen molar-refractivity contribution in [1.29, 1.82) is 0 Å². The van der Waals surface area contributed by atoms with E-state index < -0.39 is 7.60 Å². The maximum absolute atomic E-state index is 10.4. The van der Waals surface area contributed by atoms with Gasteiger partial charge in [0.1, 0.15) is 0 Å². The van der Waals surface area contributed by atoms with E-state index in [2.05, 4.69) is 19.1 Å². The van der Waals surface area contributed by atoms with Crippen molar-refractivity contribution in [2.24, 2.45) is 0 Å². The molecule has 0 heterocycles. The summed E-state index contributed by atoms with van der Waals surface area (Å²) in [7, 11) is -4.26.